The van der Waals surface area contributed by atoms with Gasteiger partial charge < -0.3 is 10.4 Å². The summed E-state index contributed by atoms with van der Waals surface area (Å²) in [6.45, 7) is 13.3. The molecule has 2 aromatic rings. The Labute approximate surface area is 144 Å². The Morgan fingerprint density at radius 1 is 0.792 bits per heavy atom. The fourth-order valence-electron chi connectivity index (χ4n) is 2.43. The minimum absolute atomic E-state index is 0.0604. The molecule has 0 aliphatic carbocycles. The zero-order valence-electron chi connectivity index (χ0n) is 15.4. The Kier molecular flexibility index (Phi) is 4.75. The number of hydrogen-bond acceptors (Lipinski definition) is 2. The molecule has 128 valence electrons. The molecule has 0 saturated carbocycles. The lowest BCUT2D eigenvalue weighted by atomic mass is 9.80. The number of hydrogen-bond donors (Lipinski definition) is 2. The van der Waals surface area contributed by atoms with Crippen LogP contribution in [0.25, 0.3) is 0 Å². The second-order valence-corrected chi connectivity index (χ2v) is 8.31. The van der Waals surface area contributed by atoms with Gasteiger partial charge in [0.05, 0.1) is 5.56 Å². The molecule has 0 bridgehead atoms. The lowest BCUT2D eigenvalue weighted by molar-refractivity contribution is 0.0697. The van der Waals surface area contributed by atoms with E-state index >= 15 is 0 Å². The summed E-state index contributed by atoms with van der Waals surface area (Å²) in [5, 5.41) is 12.4. The molecular formula is C21H27NO2. The van der Waals surface area contributed by atoms with Crippen molar-refractivity contribution in [3.05, 3.63) is 59.2 Å². The Balaban J connectivity index is 2.40. The van der Waals surface area contributed by atoms with Crippen LogP contribution in [0, 0.1) is 0 Å². The van der Waals surface area contributed by atoms with Crippen molar-refractivity contribution in [3.8, 4) is 0 Å². The largest absolute Gasteiger partial charge is 0.478 e. The van der Waals surface area contributed by atoms with E-state index in [1.54, 1.807) is 24.3 Å². The second-order valence-electron chi connectivity index (χ2n) is 8.31. The molecule has 3 heteroatoms. The predicted molar refractivity (Wildman–Crippen MR) is 101 cm³/mol. The molecule has 2 rings (SSSR count). The first-order chi connectivity index (χ1) is 11.0. The number of benzene rings is 2. The van der Waals surface area contributed by atoms with Gasteiger partial charge in [0.1, 0.15) is 0 Å². The zero-order chi connectivity index (χ0) is 18.1. The van der Waals surface area contributed by atoms with Crippen LogP contribution in [0.3, 0.4) is 0 Å². The van der Waals surface area contributed by atoms with E-state index < -0.39 is 5.97 Å². The molecule has 2 N–H and O–H groups in total. The first-order valence-corrected chi connectivity index (χ1v) is 8.23. The number of carboxylic acid groups (broad SMARTS) is 1. The highest BCUT2D eigenvalue weighted by Crippen LogP contribution is 2.33. The Hall–Kier alpha value is -2.29. The van der Waals surface area contributed by atoms with Gasteiger partial charge in [-0.1, -0.05) is 47.6 Å². The van der Waals surface area contributed by atoms with Gasteiger partial charge in [-0.05, 0) is 58.4 Å². The van der Waals surface area contributed by atoms with Gasteiger partial charge in [0.15, 0.2) is 0 Å². The SMILES string of the molecule is CC(C)(C)c1cc(Nc2ccc(C(=O)O)cc2)cc(C(C)(C)C)c1. The molecule has 24 heavy (non-hydrogen) atoms. The van der Waals surface area contributed by atoms with E-state index in [-0.39, 0.29) is 10.8 Å². The van der Waals surface area contributed by atoms with E-state index in [1.165, 1.54) is 11.1 Å². The topological polar surface area (TPSA) is 49.3 Å². The number of rotatable bonds is 3. The Bertz CT molecular complexity index is 700. The van der Waals surface area contributed by atoms with Crippen LogP contribution in [0.5, 0.6) is 0 Å². The summed E-state index contributed by atoms with van der Waals surface area (Å²) in [5.74, 6) is -0.911. The summed E-state index contributed by atoms with van der Waals surface area (Å²) in [7, 11) is 0. The van der Waals surface area contributed by atoms with Crippen LogP contribution >= 0.6 is 0 Å². The third-order valence-corrected chi connectivity index (χ3v) is 4.09. The molecule has 0 amide bonds. The van der Waals surface area contributed by atoms with E-state index in [1.807, 2.05) is 0 Å². The molecule has 0 saturated heterocycles. The van der Waals surface area contributed by atoms with Crippen LogP contribution in [0.4, 0.5) is 11.4 Å². The number of carboxylic acids is 1. The number of nitrogens with one attached hydrogen (secondary N) is 1. The quantitative estimate of drug-likeness (QED) is 0.758. The average Bonchev–Trinajstić information content (AvgIpc) is 2.45. The van der Waals surface area contributed by atoms with Crippen molar-refractivity contribution in [2.75, 3.05) is 5.32 Å². The molecule has 0 aliphatic heterocycles. The molecule has 0 atom stereocenters. The van der Waals surface area contributed by atoms with Crippen molar-refractivity contribution in [3.63, 3.8) is 0 Å². The normalized spacial score (nSPS) is 12.1. The fraction of sp³-hybridized carbons (Fsp3) is 0.381. The summed E-state index contributed by atoms with van der Waals surface area (Å²) >= 11 is 0. The lowest BCUT2D eigenvalue weighted by Gasteiger charge is -2.26. The van der Waals surface area contributed by atoms with Crippen LogP contribution in [-0.2, 0) is 10.8 Å². The maximum absolute atomic E-state index is 11.0. The Morgan fingerprint density at radius 2 is 1.25 bits per heavy atom. The van der Waals surface area contributed by atoms with Crippen molar-refractivity contribution in [2.24, 2.45) is 0 Å². The van der Waals surface area contributed by atoms with Crippen LogP contribution < -0.4 is 5.32 Å². The van der Waals surface area contributed by atoms with Gasteiger partial charge in [-0.15, -0.1) is 0 Å². The molecule has 0 aromatic heterocycles. The first kappa shape index (κ1) is 18.1. The average molecular weight is 325 g/mol. The van der Waals surface area contributed by atoms with Crippen LogP contribution in [0.15, 0.2) is 42.5 Å². The summed E-state index contributed by atoms with van der Waals surface area (Å²) in [6, 6.07) is 13.4. The van der Waals surface area contributed by atoms with Gasteiger partial charge in [-0.2, -0.15) is 0 Å². The minimum Gasteiger partial charge on any atom is -0.478 e. The monoisotopic (exact) mass is 325 g/mol. The molecule has 0 radical (unpaired) electrons. The second kappa shape index (κ2) is 6.31. The summed E-state index contributed by atoms with van der Waals surface area (Å²) in [5.41, 5.74) is 4.87. The predicted octanol–water partition coefficient (Wildman–Crippen LogP) is 5.72. The van der Waals surface area contributed by atoms with Crippen LogP contribution in [0.1, 0.15) is 63.0 Å². The van der Waals surface area contributed by atoms with E-state index in [9.17, 15) is 4.79 Å². The third kappa shape index (κ3) is 4.38. The molecule has 2 aromatic carbocycles. The maximum Gasteiger partial charge on any atom is 0.335 e. The van der Waals surface area contributed by atoms with E-state index in [4.69, 9.17) is 5.11 Å². The van der Waals surface area contributed by atoms with E-state index in [0.717, 1.165) is 11.4 Å². The zero-order valence-corrected chi connectivity index (χ0v) is 15.4. The van der Waals surface area contributed by atoms with Crippen molar-refractivity contribution >= 4 is 17.3 Å². The fourth-order valence-corrected chi connectivity index (χ4v) is 2.43. The van der Waals surface area contributed by atoms with Gasteiger partial charge in [0, 0.05) is 11.4 Å². The van der Waals surface area contributed by atoms with Gasteiger partial charge in [0.25, 0.3) is 0 Å². The smallest absolute Gasteiger partial charge is 0.335 e. The molecule has 3 nitrogen and oxygen atoms in total. The molecule has 0 unspecified atom stereocenters. The van der Waals surface area contributed by atoms with Crippen molar-refractivity contribution in [1.82, 2.24) is 0 Å². The van der Waals surface area contributed by atoms with E-state index in [2.05, 4.69) is 65.1 Å². The maximum atomic E-state index is 11.0. The number of carbonyl (C=O) groups is 1. The summed E-state index contributed by atoms with van der Waals surface area (Å²) in [4.78, 5) is 11.0. The third-order valence-electron chi connectivity index (χ3n) is 4.09. The summed E-state index contributed by atoms with van der Waals surface area (Å²) in [6.07, 6.45) is 0. The highest BCUT2D eigenvalue weighted by Gasteiger charge is 2.20. The first-order valence-electron chi connectivity index (χ1n) is 8.23. The van der Waals surface area contributed by atoms with E-state index in [0.29, 0.717) is 5.56 Å². The van der Waals surface area contributed by atoms with Gasteiger partial charge in [-0.25, -0.2) is 4.79 Å². The van der Waals surface area contributed by atoms with Gasteiger partial charge in [0.2, 0.25) is 0 Å². The standard InChI is InChI=1S/C21H27NO2/c1-20(2,3)15-11-16(21(4,5)6)13-18(12-15)22-17-9-7-14(8-10-17)19(23)24/h7-13,22H,1-6H3,(H,23,24). The number of anilines is 2. The molecule has 0 aliphatic rings. The minimum atomic E-state index is -0.911. The molecular weight excluding hydrogens is 298 g/mol. The van der Waals surface area contributed by atoms with Crippen molar-refractivity contribution in [2.45, 2.75) is 52.4 Å². The van der Waals surface area contributed by atoms with Crippen LogP contribution in [-0.4, -0.2) is 11.1 Å². The lowest BCUT2D eigenvalue weighted by Crippen LogP contribution is -2.16. The number of aromatic carboxylic acids is 1. The summed E-state index contributed by atoms with van der Waals surface area (Å²) < 4.78 is 0. The molecule has 0 fully saturated rings. The molecule has 0 spiro atoms. The Morgan fingerprint density at radius 3 is 1.62 bits per heavy atom. The molecule has 0 heterocycles. The van der Waals surface area contributed by atoms with Gasteiger partial charge >= 0.3 is 5.97 Å². The van der Waals surface area contributed by atoms with Crippen molar-refractivity contribution in [1.29, 1.82) is 0 Å². The van der Waals surface area contributed by atoms with Crippen molar-refractivity contribution < 1.29 is 9.90 Å². The van der Waals surface area contributed by atoms with Crippen LogP contribution in [0.2, 0.25) is 0 Å². The van der Waals surface area contributed by atoms with Gasteiger partial charge in [-0.3, -0.25) is 0 Å². The highest BCUT2D eigenvalue weighted by atomic mass is 16.4. The highest BCUT2D eigenvalue weighted by molar-refractivity contribution is 5.88.